The minimum atomic E-state index is -0.197. The van der Waals surface area contributed by atoms with Crippen molar-refractivity contribution in [3.8, 4) is 0 Å². The van der Waals surface area contributed by atoms with Crippen molar-refractivity contribution in [1.29, 1.82) is 0 Å². The normalized spacial score (nSPS) is 12.3. The van der Waals surface area contributed by atoms with Gasteiger partial charge in [-0.1, -0.05) is 25.1 Å². The van der Waals surface area contributed by atoms with Crippen molar-refractivity contribution in [2.24, 2.45) is 0 Å². The number of anilines is 2. The SMILES string of the molecule is CCCCn1c(S[C@@H](C)c2nc(N)nc(N(C)C)n2)n[nH]c1=O. The van der Waals surface area contributed by atoms with E-state index >= 15 is 0 Å². The van der Waals surface area contributed by atoms with Crippen LogP contribution in [0.15, 0.2) is 9.95 Å². The molecule has 0 saturated carbocycles. The first kappa shape index (κ1) is 17.3. The van der Waals surface area contributed by atoms with Gasteiger partial charge in [0.25, 0.3) is 0 Å². The number of hydrogen-bond donors (Lipinski definition) is 2. The predicted octanol–water partition coefficient (Wildman–Crippen LogP) is 1.06. The Bertz CT molecular complexity index is 710. The first-order valence-electron chi connectivity index (χ1n) is 7.43. The number of rotatable bonds is 7. The summed E-state index contributed by atoms with van der Waals surface area (Å²) in [6.45, 7) is 4.67. The Morgan fingerprint density at radius 1 is 1.35 bits per heavy atom. The van der Waals surface area contributed by atoms with Gasteiger partial charge < -0.3 is 10.6 Å². The first-order chi connectivity index (χ1) is 10.9. The Hall–Kier alpha value is -2.10. The summed E-state index contributed by atoms with van der Waals surface area (Å²) < 4.78 is 1.64. The van der Waals surface area contributed by atoms with E-state index in [1.165, 1.54) is 11.8 Å². The molecule has 0 aliphatic heterocycles. The maximum absolute atomic E-state index is 11.8. The Morgan fingerprint density at radius 2 is 2.09 bits per heavy atom. The van der Waals surface area contributed by atoms with Gasteiger partial charge in [-0.05, 0) is 13.3 Å². The third-order valence-corrected chi connectivity index (χ3v) is 4.25. The van der Waals surface area contributed by atoms with E-state index in [4.69, 9.17) is 5.73 Å². The number of nitrogens with one attached hydrogen (secondary N) is 1. The lowest BCUT2D eigenvalue weighted by Crippen LogP contribution is -2.18. The summed E-state index contributed by atoms with van der Waals surface area (Å²) in [4.78, 5) is 26.3. The average Bonchev–Trinajstić information content (AvgIpc) is 2.84. The molecule has 2 heterocycles. The van der Waals surface area contributed by atoms with Crippen molar-refractivity contribution in [3.63, 3.8) is 0 Å². The van der Waals surface area contributed by atoms with Crippen LogP contribution in [0.5, 0.6) is 0 Å². The lowest BCUT2D eigenvalue weighted by molar-refractivity contribution is 0.572. The number of nitrogens with zero attached hydrogens (tertiary/aromatic N) is 6. The minimum Gasteiger partial charge on any atom is -0.368 e. The number of hydrogen-bond acceptors (Lipinski definition) is 8. The van der Waals surface area contributed by atoms with Crippen LogP contribution in [-0.2, 0) is 6.54 Å². The molecule has 0 bridgehead atoms. The van der Waals surface area contributed by atoms with Crippen LogP contribution < -0.4 is 16.3 Å². The van der Waals surface area contributed by atoms with Crippen molar-refractivity contribution in [2.45, 2.75) is 43.6 Å². The van der Waals surface area contributed by atoms with Gasteiger partial charge in [0.15, 0.2) is 5.16 Å². The molecule has 0 amide bonds. The molecule has 10 heteroatoms. The van der Waals surface area contributed by atoms with Gasteiger partial charge in [-0.2, -0.15) is 15.0 Å². The summed E-state index contributed by atoms with van der Waals surface area (Å²) in [7, 11) is 3.68. The van der Waals surface area contributed by atoms with Crippen molar-refractivity contribution in [2.75, 3.05) is 24.7 Å². The molecule has 0 spiro atoms. The second kappa shape index (κ2) is 7.44. The predicted molar refractivity (Wildman–Crippen MR) is 90.6 cm³/mol. The van der Waals surface area contributed by atoms with Crippen LogP contribution in [0.2, 0.25) is 0 Å². The quantitative estimate of drug-likeness (QED) is 0.719. The number of thioether (sulfide) groups is 1. The molecular formula is C13H22N8OS. The second-order valence-corrected chi connectivity index (χ2v) is 6.63. The van der Waals surface area contributed by atoms with Crippen molar-refractivity contribution >= 4 is 23.7 Å². The van der Waals surface area contributed by atoms with Gasteiger partial charge in [-0.15, -0.1) is 5.10 Å². The summed E-state index contributed by atoms with van der Waals surface area (Å²) >= 11 is 1.42. The van der Waals surface area contributed by atoms with Gasteiger partial charge in [0.1, 0.15) is 5.82 Å². The second-order valence-electron chi connectivity index (χ2n) is 5.32. The maximum atomic E-state index is 11.8. The lowest BCUT2D eigenvalue weighted by atomic mass is 10.3. The van der Waals surface area contributed by atoms with Crippen molar-refractivity contribution in [1.82, 2.24) is 29.7 Å². The number of nitrogens with two attached hydrogens (primary N) is 1. The third kappa shape index (κ3) is 4.21. The van der Waals surface area contributed by atoms with Gasteiger partial charge in [0, 0.05) is 20.6 Å². The third-order valence-electron chi connectivity index (χ3n) is 3.16. The molecule has 2 aromatic rings. The summed E-state index contributed by atoms with van der Waals surface area (Å²) in [5.74, 6) is 1.24. The fourth-order valence-electron chi connectivity index (χ4n) is 1.90. The molecule has 1 atom stereocenters. The summed E-state index contributed by atoms with van der Waals surface area (Å²) in [5, 5.41) is 7.09. The molecule has 0 saturated heterocycles. The minimum absolute atomic E-state index is 0.116. The Morgan fingerprint density at radius 3 is 2.74 bits per heavy atom. The van der Waals surface area contributed by atoms with Crippen LogP contribution in [0.25, 0.3) is 0 Å². The number of H-pyrrole nitrogens is 1. The number of unbranched alkanes of at least 4 members (excludes halogenated alkanes) is 1. The molecule has 0 unspecified atom stereocenters. The van der Waals surface area contributed by atoms with E-state index in [-0.39, 0.29) is 16.9 Å². The summed E-state index contributed by atoms with van der Waals surface area (Å²) in [6, 6.07) is 0. The highest BCUT2D eigenvalue weighted by Crippen LogP contribution is 2.31. The van der Waals surface area contributed by atoms with E-state index in [1.54, 1.807) is 9.47 Å². The highest BCUT2D eigenvalue weighted by molar-refractivity contribution is 7.99. The van der Waals surface area contributed by atoms with E-state index in [9.17, 15) is 4.79 Å². The molecule has 23 heavy (non-hydrogen) atoms. The topological polar surface area (TPSA) is 119 Å². The molecule has 0 aliphatic carbocycles. The molecule has 0 radical (unpaired) electrons. The van der Waals surface area contributed by atoms with E-state index < -0.39 is 0 Å². The molecule has 0 fully saturated rings. The number of nitrogen functional groups attached to an aromatic ring is 1. The van der Waals surface area contributed by atoms with E-state index in [0.29, 0.717) is 23.5 Å². The zero-order valence-electron chi connectivity index (χ0n) is 13.8. The molecule has 126 valence electrons. The molecular weight excluding hydrogens is 316 g/mol. The average molecular weight is 338 g/mol. The van der Waals surface area contributed by atoms with Gasteiger partial charge in [-0.25, -0.2) is 9.89 Å². The largest absolute Gasteiger partial charge is 0.368 e. The molecule has 9 nitrogen and oxygen atoms in total. The Balaban J connectivity index is 2.22. The van der Waals surface area contributed by atoms with Crippen LogP contribution in [-0.4, -0.2) is 43.8 Å². The Labute approximate surface area is 138 Å². The molecule has 0 aromatic carbocycles. The smallest absolute Gasteiger partial charge is 0.343 e. The first-order valence-corrected chi connectivity index (χ1v) is 8.31. The lowest BCUT2D eigenvalue weighted by Gasteiger charge is -2.14. The Kier molecular flexibility index (Phi) is 5.59. The number of aromatic nitrogens is 6. The summed E-state index contributed by atoms with van der Waals surface area (Å²) in [5.41, 5.74) is 5.56. The summed E-state index contributed by atoms with van der Waals surface area (Å²) in [6.07, 6.45) is 1.93. The fourth-order valence-corrected chi connectivity index (χ4v) is 2.82. The van der Waals surface area contributed by atoms with Crippen LogP contribution >= 0.6 is 11.8 Å². The van der Waals surface area contributed by atoms with Gasteiger partial charge >= 0.3 is 5.69 Å². The van der Waals surface area contributed by atoms with Gasteiger partial charge in [0.2, 0.25) is 11.9 Å². The van der Waals surface area contributed by atoms with Gasteiger partial charge in [-0.3, -0.25) is 4.57 Å². The standard InChI is InChI=1S/C13H22N8OS/c1-5-6-7-21-12(22)18-19-13(21)23-8(2)9-15-10(14)17-11(16-9)20(3)4/h8H,5-7H2,1-4H3,(H,18,22)(H2,14,15,16,17)/t8-/m0/s1. The molecule has 2 rings (SSSR count). The highest BCUT2D eigenvalue weighted by atomic mass is 32.2. The zero-order chi connectivity index (χ0) is 17.0. The highest BCUT2D eigenvalue weighted by Gasteiger charge is 2.18. The van der Waals surface area contributed by atoms with E-state index in [0.717, 1.165) is 12.8 Å². The zero-order valence-corrected chi connectivity index (χ0v) is 14.6. The van der Waals surface area contributed by atoms with Crippen LogP contribution in [0.3, 0.4) is 0 Å². The van der Waals surface area contributed by atoms with Crippen LogP contribution in [0.4, 0.5) is 11.9 Å². The van der Waals surface area contributed by atoms with E-state index in [2.05, 4.69) is 32.1 Å². The maximum Gasteiger partial charge on any atom is 0.343 e. The van der Waals surface area contributed by atoms with E-state index in [1.807, 2.05) is 21.0 Å². The molecule has 0 aliphatic rings. The number of aromatic amines is 1. The van der Waals surface area contributed by atoms with Crippen LogP contribution in [0, 0.1) is 0 Å². The van der Waals surface area contributed by atoms with Crippen molar-refractivity contribution in [3.05, 3.63) is 16.3 Å². The molecule has 2 aromatic heterocycles. The molecule has 3 N–H and O–H groups in total. The van der Waals surface area contributed by atoms with Crippen molar-refractivity contribution < 1.29 is 0 Å². The van der Waals surface area contributed by atoms with Crippen LogP contribution in [0.1, 0.15) is 37.8 Å². The van der Waals surface area contributed by atoms with Gasteiger partial charge in [0.05, 0.1) is 5.25 Å². The fraction of sp³-hybridized carbons (Fsp3) is 0.615. The monoisotopic (exact) mass is 338 g/mol.